The first-order chi connectivity index (χ1) is 8.34. The number of aliphatic hydroxyl groups excluding tert-OH is 1. The van der Waals surface area contributed by atoms with E-state index >= 15 is 0 Å². The zero-order chi connectivity index (χ0) is 11.7. The summed E-state index contributed by atoms with van der Waals surface area (Å²) < 4.78 is 5.84. The largest absolute Gasteiger partial charge is 0.488 e. The van der Waals surface area contributed by atoms with Gasteiger partial charge in [0, 0.05) is 10.4 Å². The van der Waals surface area contributed by atoms with Crippen molar-refractivity contribution in [2.24, 2.45) is 0 Å². The average Bonchev–Trinajstić information content (AvgIpc) is 2.97. The summed E-state index contributed by atoms with van der Waals surface area (Å²) in [5.41, 5.74) is 2.21. The van der Waals surface area contributed by atoms with Gasteiger partial charge in [0.05, 0.1) is 6.10 Å². The lowest BCUT2D eigenvalue weighted by Crippen LogP contribution is -1.97. The summed E-state index contributed by atoms with van der Waals surface area (Å²) in [5, 5.41) is 11.9. The summed E-state index contributed by atoms with van der Waals surface area (Å²) in [5.74, 6) is 0.924. The average molecular weight is 246 g/mol. The van der Waals surface area contributed by atoms with E-state index in [1.807, 2.05) is 24.3 Å². The highest BCUT2D eigenvalue weighted by atomic mass is 32.1. The van der Waals surface area contributed by atoms with Gasteiger partial charge in [0.1, 0.15) is 12.4 Å². The van der Waals surface area contributed by atoms with E-state index in [9.17, 15) is 5.11 Å². The van der Waals surface area contributed by atoms with Crippen molar-refractivity contribution in [1.29, 1.82) is 0 Å². The Hall–Kier alpha value is -1.32. The summed E-state index contributed by atoms with van der Waals surface area (Å²) in [6.07, 6.45) is 1.42. The maximum Gasteiger partial charge on any atom is 0.123 e. The second-order valence-electron chi connectivity index (χ2n) is 4.25. The van der Waals surface area contributed by atoms with Crippen molar-refractivity contribution in [2.45, 2.75) is 25.6 Å². The van der Waals surface area contributed by atoms with E-state index in [4.69, 9.17) is 4.74 Å². The number of fused-ring (bicyclic) bond motifs is 1. The van der Waals surface area contributed by atoms with Crippen LogP contribution < -0.4 is 4.74 Å². The molecule has 1 heterocycles. The molecule has 0 saturated heterocycles. The highest BCUT2D eigenvalue weighted by Crippen LogP contribution is 2.37. The summed E-state index contributed by atoms with van der Waals surface area (Å²) in [7, 11) is 0. The van der Waals surface area contributed by atoms with E-state index in [-0.39, 0.29) is 6.10 Å². The van der Waals surface area contributed by atoms with Crippen molar-refractivity contribution in [3.05, 3.63) is 51.7 Å². The molecule has 0 bridgehead atoms. The molecule has 2 nitrogen and oxygen atoms in total. The number of aliphatic hydroxyl groups is 1. The third-order valence-corrected chi connectivity index (χ3v) is 4.00. The van der Waals surface area contributed by atoms with Crippen LogP contribution >= 0.6 is 11.3 Å². The molecule has 1 atom stereocenters. The van der Waals surface area contributed by atoms with Gasteiger partial charge in [-0.25, -0.2) is 0 Å². The second kappa shape index (κ2) is 4.51. The predicted molar refractivity (Wildman–Crippen MR) is 68.4 cm³/mol. The highest BCUT2D eigenvalue weighted by Gasteiger charge is 2.23. The molecule has 3 heteroatoms. The van der Waals surface area contributed by atoms with Crippen molar-refractivity contribution < 1.29 is 9.84 Å². The maximum atomic E-state index is 9.80. The Labute approximate surface area is 104 Å². The zero-order valence-corrected chi connectivity index (χ0v) is 10.2. The molecule has 1 aliphatic rings. The Balaban J connectivity index is 1.80. The van der Waals surface area contributed by atoms with Crippen molar-refractivity contribution in [3.8, 4) is 5.75 Å². The normalized spacial score (nSPS) is 18.1. The second-order valence-corrected chi connectivity index (χ2v) is 5.28. The van der Waals surface area contributed by atoms with Crippen molar-refractivity contribution >= 4 is 11.3 Å². The van der Waals surface area contributed by atoms with E-state index < -0.39 is 0 Å². The Bertz CT molecular complexity index is 505. The molecule has 0 fully saturated rings. The van der Waals surface area contributed by atoms with Gasteiger partial charge in [0.2, 0.25) is 0 Å². The number of hydrogen-bond donors (Lipinski definition) is 1. The van der Waals surface area contributed by atoms with Crippen molar-refractivity contribution in [2.75, 3.05) is 0 Å². The monoisotopic (exact) mass is 246 g/mol. The van der Waals surface area contributed by atoms with Gasteiger partial charge < -0.3 is 9.84 Å². The van der Waals surface area contributed by atoms with E-state index in [0.717, 1.165) is 24.2 Å². The van der Waals surface area contributed by atoms with Crippen LogP contribution in [0.5, 0.6) is 5.75 Å². The molecule has 2 aromatic rings. The van der Waals surface area contributed by atoms with Gasteiger partial charge in [-0.15, -0.1) is 11.3 Å². The molecule has 3 rings (SSSR count). The molecule has 1 N–H and O–H groups in total. The lowest BCUT2D eigenvalue weighted by atomic mass is 10.1. The minimum Gasteiger partial charge on any atom is -0.488 e. The van der Waals surface area contributed by atoms with Crippen LogP contribution in [-0.2, 0) is 13.0 Å². The zero-order valence-electron chi connectivity index (χ0n) is 9.43. The molecule has 0 saturated carbocycles. The molecular formula is C14H14O2S. The summed E-state index contributed by atoms with van der Waals surface area (Å²) in [6.45, 7) is 0.615. The number of benzene rings is 1. The minimum absolute atomic E-state index is 0.310. The molecule has 0 radical (unpaired) electrons. The molecule has 1 aliphatic carbocycles. The van der Waals surface area contributed by atoms with Crippen molar-refractivity contribution in [1.82, 2.24) is 0 Å². The molecule has 1 aromatic heterocycles. The number of thiophene rings is 1. The fourth-order valence-electron chi connectivity index (χ4n) is 2.28. The van der Waals surface area contributed by atoms with E-state index in [0.29, 0.717) is 6.61 Å². The third-order valence-electron chi connectivity index (χ3n) is 3.15. The van der Waals surface area contributed by atoms with E-state index in [1.54, 1.807) is 11.3 Å². The van der Waals surface area contributed by atoms with Gasteiger partial charge in [0.25, 0.3) is 0 Å². The van der Waals surface area contributed by atoms with Gasteiger partial charge in [0.15, 0.2) is 0 Å². The summed E-state index contributed by atoms with van der Waals surface area (Å²) in [6, 6.07) is 10.0. The van der Waals surface area contributed by atoms with Crippen LogP contribution in [-0.4, -0.2) is 5.11 Å². The third kappa shape index (κ3) is 2.08. The van der Waals surface area contributed by atoms with Crippen LogP contribution in [0.2, 0.25) is 0 Å². The molecule has 1 unspecified atom stereocenters. The van der Waals surface area contributed by atoms with Gasteiger partial charge in [-0.3, -0.25) is 0 Å². The number of ether oxygens (including phenoxy) is 1. The topological polar surface area (TPSA) is 29.5 Å². The van der Waals surface area contributed by atoms with Gasteiger partial charge >= 0.3 is 0 Å². The predicted octanol–water partition coefficient (Wildman–Crippen LogP) is 3.31. The van der Waals surface area contributed by atoms with Gasteiger partial charge in [-0.2, -0.15) is 0 Å². The van der Waals surface area contributed by atoms with Gasteiger partial charge in [-0.1, -0.05) is 18.2 Å². The number of hydrogen-bond acceptors (Lipinski definition) is 3. The molecular weight excluding hydrogens is 232 g/mol. The Morgan fingerprint density at radius 1 is 1.29 bits per heavy atom. The number of rotatable bonds is 3. The maximum absolute atomic E-state index is 9.80. The Morgan fingerprint density at radius 3 is 3.06 bits per heavy atom. The van der Waals surface area contributed by atoms with Crippen LogP contribution in [0, 0.1) is 0 Å². The van der Waals surface area contributed by atoms with E-state index in [1.165, 1.54) is 10.4 Å². The lowest BCUT2D eigenvalue weighted by molar-refractivity contribution is 0.180. The molecule has 0 amide bonds. The standard InChI is InChI=1S/C14H14O2S/c15-13-7-6-12-11(13)4-1-5-14(12)16-9-10-3-2-8-17-10/h1-5,8,13,15H,6-7,9H2. The highest BCUT2D eigenvalue weighted by molar-refractivity contribution is 7.09. The molecule has 1 aromatic carbocycles. The fourth-order valence-corrected chi connectivity index (χ4v) is 2.89. The quantitative estimate of drug-likeness (QED) is 0.900. The minimum atomic E-state index is -0.310. The Morgan fingerprint density at radius 2 is 2.24 bits per heavy atom. The first kappa shape index (κ1) is 10.8. The molecule has 0 aliphatic heterocycles. The molecule has 88 valence electrons. The van der Waals surface area contributed by atoms with Gasteiger partial charge in [-0.05, 0) is 35.9 Å². The SMILES string of the molecule is OC1CCc2c(OCc3cccs3)cccc21. The fraction of sp³-hybridized carbons (Fsp3) is 0.286. The summed E-state index contributed by atoms with van der Waals surface area (Å²) >= 11 is 1.70. The summed E-state index contributed by atoms with van der Waals surface area (Å²) in [4.78, 5) is 1.22. The first-order valence-corrected chi connectivity index (χ1v) is 6.67. The first-order valence-electron chi connectivity index (χ1n) is 5.79. The van der Waals surface area contributed by atoms with Crippen LogP contribution in [0.4, 0.5) is 0 Å². The van der Waals surface area contributed by atoms with Crippen molar-refractivity contribution in [3.63, 3.8) is 0 Å². The lowest BCUT2D eigenvalue weighted by Gasteiger charge is -2.10. The Kier molecular flexibility index (Phi) is 2.87. The van der Waals surface area contributed by atoms with Crippen LogP contribution in [0.15, 0.2) is 35.7 Å². The molecule has 17 heavy (non-hydrogen) atoms. The van der Waals surface area contributed by atoms with Crippen LogP contribution in [0.25, 0.3) is 0 Å². The molecule has 0 spiro atoms. The van der Waals surface area contributed by atoms with E-state index in [2.05, 4.69) is 11.4 Å². The van der Waals surface area contributed by atoms with Crippen LogP contribution in [0.1, 0.15) is 28.5 Å². The van der Waals surface area contributed by atoms with Crippen LogP contribution in [0.3, 0.4) is 0 Å². The smallest absolute Gasteiger partial charge is 0.123 e.